The van der Waals surface area contributed by atoms with Crippen LogP contribution in [0, 0.1) is 10.1 Å². The number of nitrogens with zero attached hydrogens (tertiary/aromatic N) is 1. The molecule has 0 spiro atoms. The van der Waals surface area contributed by atoms with Crippen LogP contribution in [-0.4, -0.2) is 22.8 Å². The third kappa shape index (κ3) is 4.77. The topological polar surface area (TPSA) is 127 Å². The SMILES string of the molecule is CC(Nc1ccc(C(N)=O)cc1[N+](=O)[O-])C(=O)NCc1ccccc1. The summed E-state index contributed by atoms with van der Waals surface area (Å²) in [6.07, 6.45) is 0. The van der Waals surface area contributed by atoms with Crippen molar-refractivity contribution in [2.75, 3.05) is 5.32 Å². The van der Waals surface area contributed by atoms with E-state index in [0.717, 1.165) is 11.6 Å². The van der Waals surface area contributed by atoms with Crippen LogP contribution >= 0.6 is 0 Å². The highest BCUT2D eigenvalue weighted by Crippen LogP contribution is 2.26. The Balaban J connectivity index is 2.06. The molecule has 25 heavy (non-hydrogen) atoms. The first-order valence-electron chi connectivity index (χ1n) is 7.55. The van der Waals surface area contributed by atoms with Crippen molar-refractivity contribution in [1.82, 2.24) is 5.32 Å². The Morgan fingerprint density at radius 3 is 2.48 bits per heavy atom. The number of nitro groups is 1. The summed E-state index contributed by atoms with van der Waals surface area (Å²) in [5, 5.41) is 16.7. The third-order valence-corrected chi connectivity index (χ3v) is 3.55. The highest BCUT2D eigenvalue weighted by atomic mass is 16.6. The van der Waals surface area contributed by atoms with Gasteiger partial charge in [0, 0.05) is 18.2 Å². The summed E-state index contributed by atoms with van der Waals surface area (Å²) in [5.41, 5.74) is 5.92. The second-order valence-corrected chi connectivity index (χ2v) is 5.42. The Morgan fingerprint density at radius 2 is 1.88 bits per heavy atom. The van der Waals surface area contributed by atoms with Crippen molar-refractivity contribution in [2.24, 2.45) is 5.73 Å². The first kappa shape index (κ1) is 17.9. The van der Waals surface area contributed by atoms with Crippen LogP contribution < -0.4 is 16.4 Å². The lowest BCUT2D eigenvalue weighted by molar-refractivity contribution is -0.384. The number of carbonyl (C=O) groups is 2. The summed E-state index contributed by atoms with van der Waals surface area (Å²) >= 11 is 0. The first-order chi connectivity index (χ1) is 11.9. The maximum atomic E-state index is 12.2. The number of amides is 2. The summed E-state index contributed by atoms with van der Waals surface area (Å²) in [6.45, 7) is 1.94. The molecular formula is C17H18N4O4. The Kier molecular flexibility index (Phi) is 5.67. The summed E-state index contributed by atoms with van der Waals surface area (Å²) in [7, 11) is 0. The molecule has 0 bridgehead atoms. The molecule has 1 unspecified atom stereocenters. The average Bonchev–Trinajstić information content (AvgIpc) is 2.60. The number of rotatable bonds is 7. The third-order valence-electron chi connectivity index (χ3n) is 3.55. The molecule has 2 amide bonds. The zero-order valence-corrected chi connectivity index (χ0v) is 13.6. The lowest BCUT2D eigenvalue weighted by Crippen LogP contribution is -2.37. The zero-order chi connectivity index (χ0) is 18.4. The minimum Gasteiger partial charge on any atom is -0.368 e. The second-order valence-electron chi connectivity index (χ2n) is 5.42. The molecule has 1 atom stereocenters. The van der Waals surface area contributed by atoms with E-state index in [1.54, 1.807) is 6.92 Å². The number of nitro benzene ring substituents is 1. The van der Waals surface area contributed by atoms with Gasteiger partial charge in [-0.2, -0.15) is 0 Å². The molecule has 0 aliphatic heterocycles. The van der Waals surface area contributed by atoms with Gasteiger partial charge in [0.2, 0.25) is 11.8 Å². The second kappa shape index (κ2) is 7.91. The molecule has 8 heteroatoms. The van der Waals surface area contributed by atoms with E-state index in [0.29, 0.717) is 6.54 Å². The van der Waals surface area contributed by atoms with Gasteiger partial charge < -0.3 is 16.4 Å². The molecule has 4 N–H and O–H groups in total. The monoisotopic (exact) mass is 342 g/mol. The maximum Gasteiger partial charge on any atom is 0.293 e. The van der Waals surface area contributed by atoms with E-state index in [1.807, 2.05) is 30.3 Å². The van der Waals surface area contributed by atoms with E-state index < -0.39 is 16.9 Å². The Labute approximate surface area is 144 Å². The Hall–Kier alpha value is -3.42. The molecule has 0 aliphatic rings. The van der Waals surface area contributed by atoms with Crippen LogP contribution in [0.25, 0.3) is 0 Å². The number of nitrogens with one attached hydrogen (secondary N) is 2. The van der Waals surface area contributed by atoms with Crippen LogP contribution in [0.2, 0.25) is 0 Å². The average molecular weight is 342 g/mol. The molecule has 2 aromatic carbocycles. The Bertz CT molecular complexity index is 792. The molecule has 0 aliphatic carbocycles. The molecule has 2 aromatic rings. The molecule has 2 rings (SSSR count). The number of anilines is 1. The predicted octanol–water partition coefficient (Wildman–Crippen LogP) is 1.81. The molecular weight excluding hydrogens is 324 g/mol. The van der Waals surface area contributed by atoms with Gasteiger partial charge in [-0.15, -0.1) is 0 Å². The molecule has 0 aromatic heterocycles. The molecule has 0 saturated heterocycles. The lowest BCUT2D eigenvalue weighted by atomic mass is 10.1. The smallest absolute Gasteiger partial charge is 0.293 e. The quantitative estimate of drug-likeness (QED) is 0.522. The van der Waals surface area contributed by atoms with Crippen molar-refractivity contribution in [3.63, 3.8) is 0 Å². The van der Waals surface area contributed by atoms with Gasteiger partial charge in [0.05, 0.1) is 4.92 Å². The molecule has 0 fully saturated rings. The largest absolute Gasteiger partial charge is 0.368 e. The van der Waals surface area contributed by atoms with Crippen LogP contribution in [0.4, 0.5) is 11.4 Å². The van der Waals surface area contributed by atoms with Crippen molar-refractivity contribution in [1.29, 1.82) is 0 Å². The first-order valence-corrected chi connectivity index (χ1v) is 7.55. The number of hydrogen-bond donors (Lipinski definition) is 3. The molecule has 0 heterocycles. The number of hydrogen-bond acceptors (Lipinski definition) is 5. The molecule has 0 saturated carbocycles. The summed E-state index contributed by atoms with van der Waals surface area (Å²) in [6, 6.07) is 12.5. The van der Waals surface area contributed by atoms with E-state index >= 15 is 0 Å². The van der Waals surface area contributed by atoms with E-state index in [9.17, 15) is 19.7 Å². The standard InChI is InChI=1S/C17H18N4O4/c1-11(17(23)19-10-12-5-3-2-4-6-12)20-14-8-7-13(16(18)22)9-15(14)21(24)25/h2-9,11,20H,10H2,1H3,(H2,18,22)(H,19,23). The van der Waals surface area contributed by atoms with E-state index in [1.165, 1.54) is 12.1 Å². The van der Waals surface area contributed by atoms with Crippen molar-refractivity contribution in [3.05, 3.63) is 69.8 Å². The van der Waals surface area contributed by atoms with Crippen molar-refractivity contribution >= 4 is 23.2 Å². The van der Waals surface area contributed by atoms with Gasteiger partial charge in [-0.1, -0.05) is 30.3 Å². The van der Waals surface area contributed by atoms with Gasteiger partial charge in [-0.3, -0.25) is 19.7 Å². The summed E-state index contributed by atoms with van der Waals surface area (Å²) in [4.78, 5) is 33.8. The van der Waals surface area contributed by atoms with Crippen molar-refractivity contribution < 1.29 is 14.5 Å². The van der Waals surface area contributed by atoms with Gasteiger partial charge in [0.15, 0.2) is 0 Å². The zero-order valence-electron chi connectivity index (χ0n) is 13.6. The lowest BCUT2D eigenvalue weighted by Gasteiger charge is -2.15. The van der Waals surface area contributed by atoms with E-state index in [-0.39, 0.29) is 22.8 Å². The molecule has 0 radical (unpaired) electrons. The number of benzene rings is 2. The van der Waals surface area contributed by atoms with Gasteiger partial charge in [0.25, 0.3) is 5.69 Å². The fourth-order valence-corrected chi connectivity index (χ4v) is 2.19. The Morgan fingerprint density at radius 1 is 1.20 bits per heavy atom. The van der Waals surface area contributed by atoms with Crippen LogP contribution in [0.5, 0.6) is 0 Å². The van der Waals surface area contributed by atoms with E-state index in [2.05, 4.69) is 10.6 Å². The van der Waals surface area contributed by atoms with Gasteiger partial charge in [0.1, 0.15) is 11.7 Å². The number of carbonyl (C=O) groups excluding carboxylic acids is 2. The van der Waals surface area contributed by atoms with Crippen molar-refractivity contribution in [3.8, 4) is 0 Å². The summed E-state index contributed by atoms with van der Waals surface area (Å²) in [5.74, 6) is -1.07. The number of nitrogens with two attached hydrogens (primary N) is 1. The van der Waals surface area contributed by atoms with Gasteiger partial charge in [-0.05, 0) is 24.6 Å². The van der Waals surface area contributed by atoms with Crippen LogP contribution in [-0.2, 0) is 11.3 Å². The summed E-state index contributed by atoms with van der Waals surface area (Å²) < 4.78 is 0. The normalized spacial score (nSPS) is 11.4. The predicted molar refractivity (Wildman–Crippen MR) is 93.0 cm³/mol. The van der Waals surface area contributed by atoms with Crippen LogP contribution in [0.15, 0.2) is 48.5 Å². The molecule has 8 nitrogen and oxygen atoms in total. The van der Waals surface area contributed by atoms with Gasteiger partial charge in [-0.25, -0.2) is 0 Å². The highest BCUT2D eigenvalue weighted by molar-refractivity contribution is 5.94. The van der Waals surface area contributed by atoms with E-state index in [4.69, 9.17) is 5.73 Å². The highest BCUT2D eigenvalue weighted by Gasteiger charge is 2.20. The van der Waals surface area contributed by atoms with Crippen molar-refractivity contribution in [2.45, 2.75) is 19.5 Å². The minimum atomic E-state index is -0.761. The van der Waals surface area contributed by atoms with Gasteiger partial charge >= 0.3 is 0 Å². The maximum absolute atomic E-state index is 12.2. The minimum absolute atomic E-state index is 0.0263. The fourth-order valence-electron chi connectivity index (χ4n) is 2.19. The molecule has 130 valence electrons. The van der Waals surface area contributed by atoms with Crippen LogP contribution in [0.3, 0.4) is 0 Å². The van der Waals surface area contributed by atoms with Crippen LogP contribution in [0.1, 0.15) is 22.8 Å². The fraction of sp³-hybridized carbons (Fsp3) is 0.176. The number of primary amides is 1.